The highest BCUT2D eigenvalue weighted by Crippen LogP contribution is 2.06. The van der Waals surface area contributed by atoms with Crippen molar-refractivity contribution in [3.8, 4) is 0 Å². The maximum absolute atomic E-state index is 11.4. The number of carboxylic acids is 1. The summed E-state index contributed by atoms with van der Waals surface area (Å²) in [5.41, 5.74) is 7.07. The van der Waals surface area contributed by atoms with Gasteiger partial charge in [0, 0.05) is 18.3 Å². The van der Waals surface area contributed by atoms with Gasteiger partial charge in [-0.25, -0.2) is 4.79 Å². The second kappa shape index (κ2) is 7.88. The lowest BCUT2D eigenvalue weighted by Crippen LogP contribution is -2.26. The van der Waals surface area contributed by atoms with E-state index in [0.29, 0.717) is 5.69 Å². The normalized spacial score (nSPS) is 10.5. The van der Waals surface area contributed by atoms with Gasteiger partial charge in [0.05, 0.1) is 6.61 Å². The third-order valence-electron chi connectivity index (χ3n) is 2.13. The number of ether oxygens (including phenoxy) is 1. The van der Waals surface area contributed by atoms with Crippen LogP contribution in [0, 0.1) is 0 Å². The summed E-state index contributed by atoms with van der Waals surface area (Å²) in [6, 6.07) is 7.10. The molecule has 0 radical (unpaired) electrons. The number of carbonyl (C=O) groups excluding carboxylic acids is 1. The number of anilines is 1. The fourth-order valence-corrected chi connectivity index (χ4v) is 1.24. The van der Waals surface area contributed by atoms with Crippen molar-refractivity contribution in [1.82, 2.24) is 5.32 Å². The lowest BCUT2D eigenvalue weighted by Gasteiger charge is -2.02. The van der Waals surface area contributed by atoms with Gasteiger partial charge in [0.2, 0.25) is 5.91 Å². The fraction of sp³-hybridized carbons (Fsp3) is 0.231. The first-order valence-corrected chi connectivity index (χ1v) is 5.69. The summed E-state index contributed by atoms with van der Waals surface area (Å²) in [4.78, 5) is 21.5. The van der Waals surface area contributed by atoms with E-state index in [0.717, 1.165) is 5.56 Å². The van der Waals surface area contributed by atoms with Crippen molar-refractivity contribution in [2.45, 2.75) is 0 Å². The smallest absolute Gasteiger partial charge is 0.329 e. The van der Waals surface area contributed by atoms with Crippen LogP contribution in [0.4, 0.5) is 5.69 Å². The van der Waals surface area contributed by atoms with Gasteiger partial charge in [0.25, 0.3) is 0 Å². The predicted molar refractivity (Wildman–Crippen MR) is 71.4 cm³/mol. The number of amides is 1. The number of rotatable bonds is 7. The molecule has 6 nitrogen and oxygen atoms in total. The zero-order valence-electron chi connectivity index (χ0n) is 10.3. The molecular weight excluding hydrogens is 248 g/mol. The lowest BCUT2D eigenvalue weighted by atomic mass is 10.2. The number of benzene rings is 1. The lowest BCUT2D eigenvalue weighted by molar-refractivity contribution is -0.142. The molecular formula is C13H16N2O4. The molecule has 19 heavy (non-hydrogen) atoms. The number of nitrogens with one attached hydrogen (secondary N) is 1. The highest BCUT2D eigenvalue weighted by Gasteiger charge is 1.97. The van der Waals surface area contributed by atoms with E-state index >= 15 is 0 Å². The van der Waals surface area contributed by atoms with Gasteiger partial charge in [-0.05, 0) is 23.8 Å². The Morgan fingerprint density at radius 3 is 2.63 bits per heavy atom. The minimum absolute atomic E-state index is 0.160. The maximum Gasteiger partial charge on any atom is 0.329 e. The molecule has 102 valence electrons. The number of hydrogen-bond acceptors (Lipinski definition) is 4. The van der Waals surface area contributed by atoms with Gasteiger partial charge in [-0.15, -0.1) is 0 Å². The number of carbonyl (C=O) groups is 2. The van der Waals surface area contributed by atoms with Crippen LogP contribution in [0.5, 0.6) is 0 Å². The van der Waals surface area contributed by atoms with E-state index in [9.17, 15) is 9.59 Å². The quantitative estimate of drug-likeness (QED) is 0.378. The third kappa shape index (κ3) is 6.85. The van der Waals surface area contributed by atoms with Crippen LogP contribution in [-0.4, -0.2) is 36.7 Å². The molecule has 0 bridgehead atoms. The summed E-state index contributed by atoms with van der Waals surface area (Å²) in [5, 5.41) is 10.9. The molecule has 0 atom stereocenters. The van der Waals surface area contributed by atoms with Crippen molar-refractivity contribution >= 4 is 23.6 Å². The van der Waals surface area contributed by atoms with Gasteiger partial charge in [-0.1, -0.05) is 12.1 Å². The Balaban J connectivity index is 2.23. The summed E-state index contributed by atoms with van der Waals surface area (Å²) in [6.07, 6.45) is 3.05. The van der Waals surface area contributed by atoms with Crippen molar-refractivity contribution in [2.75, 3.05) is 25.5 Å². The van der Waals surface area contributed by atoms with E-state index in [1.807, 2.05) is 0 Å². The van der Waals surface area contributed by atoms with Crippen LogP contribution >= 0.6 is 0 Å². The molecule has 1 aromatic carbocycles. The molecule has 0 unspecified atom stereocenters. The van der Waals surface area contributed by atoms with E-state index in [-0.39, 0.29) is 25.7 Å². The van der Waals surface area contributed by atoms with Crippen molar-refractivity contribution in [2.24, 2.45) is 0 Å². The van der Waals surface area contributed by atoms with Crippen molar-refractivity contribution in [3.05, 3.63) is 35.9 Å². The summed E-state index contributed by atoms with van der Waals surface area (Å²) in [5.74, 6) is -1.30. The molecule has 0 aliphatic heterocycles. The number of aliphatic carboxylic acids is 1. The summed E-state index contributed by atoms with van der Waals surface area (Å²) in [6.45, 7) is 0.0586. The molecule has 0 saturated carbocycles. The third-order valence-corrected chi connectivity index (χ3v) is 2.13. The fourth-order valence-electron chi connectivity index (χ4n) is 1.24. The van der Waals surface area contributed by atoms with Crippen LogP contribution in [0.25, 0.3) is 6.08 Å². The first-order chi connectivity index (χ1) is 9.08. The minimum atomic E-state index is -1.03. The van der Waals surface area contributed by atoms with Gasteiger partial charge < -0.3 is 20.9 Å². The predicted octanol–water partition coefficient (Wildman–Crippen LogP) is 0.499. The van der Waals surface area contributed by atoms with E-state index < -0.39 is 5.97 Å². The van der Waals surface area contributed by atoms with Crippen LogP contribution in [0.3, 0.4) is 0 Å². The zero-order valence-corrected chi connectivity index (χ0v) is 10.3. The van der Waals surface area contributed by atoms with Crippen molar-refractivity contribution < 1.29 is 19.4 Å². The Labute approximate surface area is 110 Å². The summed E-state index contributed by atoms with van der Waals surface area (Å²) < 4.78 is 4.77. The molecule has 1 rings (SSSR count). The Morgan fingerprint density at radius 2 is 2.00 bits per heavy atom. The van der Waals surface area contributed by atoms with E-state index in [1.54, 1.807) is 30.3 Å². The average Bonchev–Trinajstić information content (AvgIpc) is 2.37. The van der Waals surface area contributed by atoms with Gasteiger partial charge in [-0.2, -0.15) is 0 Å². The molecule has 0 heterocycles. The van der Waals surface area contributed by atoms with Gasteiger partial charge in [0.1, 0.15) is 6.61 Å². The number of hydrogen-bond donors (Lipinski definition) is 3. The van der Waals surface area contributed by atoms with Crippen LogP contribution in [0.1, 0.15) is 5.56 Å². The van der Waals surface area contributed by atoms with E-state index in [1.165, 1.54) is 6.08 Å². The Morgan fingerprint density at radius 1 is 1.32 bits per heavy atom. The Kier molecular flexibility index (Phi) is 6.11. The summed E-state index contributed by atoms with van der Waals surface area (Å²) >= 11 is 0. The number of nitrogens with two attached hydrogens (primary N) is 1. The maximum atomic E-state index is 11.4. The molecule has 4 N–H and O–H groups in total. The van der Waals surface area contributed by atoms with Crippen LogP contribution in [0.15, 0.2) is 30.3 Å². The van der Waals surface area contributed by atoms with Crippen LogP contribution < -0.4 is 11.1 Å². The van der Waals surface area contributed by atoms with E-state index in [2.05, 4.69) is 5.32 Å². The van der Waals surface area contributed by atoms with Crippen molar-refractivity contribution in [3.63, 3.8) is 0 Å². The Hall–Kier alpha value is -2.34. The monoisotopic (exact) mass is 264 g/mol. The largest absolute Gasteiger partial charge is 0.480 e. The molecule has 1 aromatic rings. The van der Waals surface area contributed by atoms with Crippen LogP contribution in [-0.2, 0) is 14.3 Å². The highest BCUT2D eigenvalue weighted by molar-refractivity contribution is 5.91. The second-order valence-electron chi connectivity index (χ2n) is 3.74. The minimum Gasteiger partial charge on any atom is -0.480 e. The molecule has 1 amide bonds. The molecule has 0 fully saturated rings. The molecule has 6 heteroatoms. The topological polar surface area (TPSA) is 102 Å². The van der Waals surface area contributed by atoms with E-state index in [4.69, 9.17) is 15.6 Å². The number of carboxylic acid groups (broad SMARTS) is 1. The molecule has 0 saturated heterocycles. The molecule has 0 aliphatic rings. The van der Waals surface area contributed by atoms with Crippen LogP contribution in [0.2, 0.25) is 0 Å². The van der Waals surface area contributed by atoms with Gasteiger partial charge >= 0.3 is 5.97 Å². The molecule has 0 aliphatic carbocycles. The standard InChI is InChI=1S/C13H16N2O4/c14-11-4-1-10(2-5-11)3-6-12(16)15-7-8-19-9-13(17)18/h1-6H,7-9,14H2,(H,15,16)(H,17,18)/b6-3+. The van der Waals surface area contributed by atoms with Crippen molar-refractivity contribution in [1.29, 1.82) is 0 Å². The molecule has 0 aromatic heterocycles. The second-order valence-corrected chi connectivity index (χ2v) is 3.74. The zero-order chi connectivity index (χ0) is 14.1. The highest BCUT2D eigenvalue weighted by atomic mass is 16.5. The first kappa shape index (κ1) is 14.7. The Bertz CT molecular complexity index is 454. The SMILES string of the molecule is Nc1ccc(/C=C/C(=O)NCCOCC(=O)O)cc1. The van der Waals surface area contributed by atoms with Gasteiger partial charge in [0.15, 0.2) is 0 Å². The summed E-state index contributed by atoms with van der Waals surface area (Å²) in [7, 11) is 0. The number of nitrogen functional groups attached to an aromatic ring is 1. The molecule has 0 spiro atoms. The average molecular weight is 264 g/mol. The first-order valence-electron chi connectivity index (χ1n) is 5.69. The van der Waals surface area contributed by atoms with Gasteiger partial charge in [-0.3, -0.25) is 4.79 Å².